The molecular weight excluding hydrogens is 228 g/mol. The number of rotatable bonds is 5. The van der Waals surface area contributed by atoms with Crippen molar-refractivity contribution < 1.29 is 9.53 Å². The monoisotopic (exact) mass is 250 g/mol. The third kappa shape index (κ3) is 4.65. The molecule has 4 nitrogen and oxygen atoms in total. The number of methoxy groups -OCH3 is 1. The van der Waals surface area contributed by atoms with E-state index in [9.17, 15) is 4.79 Å². The predicted molar refractivity (Wildman–Crippen MR) is 72.7 cm³/mol. The van der Waals surface area contributed by atoms with Crippen molar-refractivity contribution in [3.63, 3.8) is 0 Å². The minimum Gasteiger partial charge on any atom is -0.497 e. The van der Waals surface area contributed by atoms with E-state index in [0.29, 0.717) is 12.5 Å². The first-order valence-corrected chi connectivity index (χ1v) is 6.20. The highest BCUT2D eigenvalue weighted by atomic mass is 16.5. The maximum Gasteiger partial charge on any atom is 0.315 e. The molecule has 1 aromatic rings. The molecule has 0 spiro atoms. The van der Waals surface area contributed by atoms with Gasteiger partial charge >= 0.3 is 6.03 Å². The van der Waals surface area contributed by atoms with Crippen LogP contribution in [-0.4, -0.2) is 19.2 Å². The molecule has 0 fully saturated rings. The molecular formula is C14H22N2O2. The summed E-state index contributed by atoms with van der Waals surface area (Å²) in [5, 5.41) is 5.73. The Bertz CT molecular complexity index is 374. The molecule has 0 radical (unpaired) electrons. The van der Waals surface area contributed by atoms with Gasteiger partial charge in [-0.2, -0.15) is 0 Å². The molecule has 1 atom stereocenters. The summed E-state index contributed by atoms with van der Waals surface area (Å²) in [4.78, 5) is 11.6. The van der Waals surface area contributed by atoms with Crippen LogP contribution in [0.5, 0.6) is 5.75 Å². The fourth-order valence-corrected chi connectivity index (χ4v) is 1.35. The van der Waals surface area contributed by atoms with Crippen LogP contribution in [0.25, 0.3) is 0 Å². The minimum absolute atomic E-state index is 0.132. The van der Waals surface area contributed by atoms with Crippen LogP contribution < -0.4 is 15.4 Å². The number of amides is 2. The summed E-state index contributed by atoms with van der Waals surface area (Å²) < 4.78 is 5.07. The zero-order chi connectivity index (χ0) is 13.5. The molecule has 0 aliphatic carbocycles. The molecule has 0 aliphatic heterocycles. The molecule has 0 bridgehead atoms. The standard InChI is InChI=1S/C14H22N2O2/c1-10(2)11(3)16-14(17)15-9-12-5-7-13(18-4)8-6-12/h5-8,10-11H,9H2,1-4H3,(H2,15,16,17). The molecule has 2 N–H and O–H groups in total. The molecule has 0 heterocycles. The van der Waals surface area contributed by atoms with Crippen LogP contribution in [0, 0.1) is 5.92 Å². The van der Waals surface area contributed by atoms with Gasteiger partial charge in [0.15, 0.2) is 0 Å². The van der Waals surface area contributed by atoms with E-state index in [0.717, 1.165) is 11.3 Å². The van der Waals surface area contributed by atoms with Crippen molar-refractivity contribution in [2.75, 3.05) is 7.11 Å². The number of carbonyl (C=O) groups excluding carboxylic acids is 1. The number of benzene rings is 1. The van der Waals surface area contributed by atoms with Gasteiger partial charge in [0.05, 0.1) is 7.11 Å². The van der Waals surface area contributed by atoms with E-state index in [1.165, 1.54) is 0 Å². The summed E-state index contributed by atoms with van der Waals surface area (Å²) in [6.45, 7) is 6.67. The van der Waals surface area contributed by atoms with Gasteiger partial charge in [-0.3, -0.25) is 0 Å². The fraction of sp³-hybridized carbons (Fsp3) is 0.500. The van der Waals surface area contributed by atoms with Crippen molar-refractivity contribution in [2.24, 2.45) is 5.92 Å². The molecule has 100 valence electrons. The second-order valence-corrected chi connectivity index (χ2v) is 4.71. The molecule has 0 aromatic heterocycles. The maximum absolute atomic E-state index is 11.6. The highest BCUT2D eigenvalue weighted by molar-refractivity contribution is 5.74. The normalized spacial score (nSPS) is 12.1. The number of ether oxygens (including phenoxy) is 1. The number of urea groups is 1. The van der Waals surface area contributed by atoms with Gasteiger partial charge in [0.2, 0.25) is 0 Å². The first-order chi connectivity index (χ1) is 8.52. The summed E-state index contributed by atoms with van der Waals surface area (Å²) in [6.07, 6.45) is 0. The highest BCUT2D eigenvalue weighted by Gasteiger charge is 2.09. The smallest absolute Gasteiger partial charge is 0.315 e. The summed E-state index contributed by atoms with van der Waals surface area (Å²) in [6, 6.07) is 7.67. The van der Waals surface area contributed by atoms with Crippen LogP contribution in [-0.2, 0) is 6.54 Å². The van der Waals surface area contributed by atoms with Crippen LogP contribution in [0.15, 0.2) is 24.3 Å². The van der Waals surface area contributed by atoms with Crippen molar-refractivity contribution in [1.29, 1.82) is 0 Å². The van der Waals surface area contributed by atoms with Crippen molar-refractivity contribution >= 4 is 6.03 Å². The minimum atomic E-state index is -0.132. The summed E-state index contributed by atoms with van der Waals surface area (Å²) in [5.41, 5.74) is 1.04. The predicted octanol–water partition coefficient (Wildman–Crippen LogP) is 2.54. The molecule has 0 saturated heterocycles. The number of carbonyl (C=O) groups is 1. The zero-order valence-corrected chi connectivity index (χ0v) is 11.5. The van der Waals surface area contributed by atoms with Crippen molar-refractivity contribution in [3.8, 4) is 5.75 Å². The molecule has 1 rings (SSSR count). The van der Waals surface area contributed by atoms with Gasteiger partial charge in [0.25, 0.3) is 0 Å². The summed E-state index contributed by atoms with van der Waals surface area (Å²) in [5.74, 6) is 1.24. The summed E-state index contributed by atoms with van der Waals surface area (Å²) >= 11 is 0. The van der Waals surface area contributed by atoms with E-state index in [1.54, 1.807) is 7.11 Å². The Morgan fingerprint density at radius 1 is 1.22 bits per heavy atom. The van der Waals surface area contributed by atoms with E-state index >= 15 is 0 Å². The lowest BCUT2D eigenvalue weighted by molar-refractivity contribution is 0.234. The van der Waals surface area contributed by atoms with Gasteiger partial charge in [-0.15, -0.1) is 0 Å². The number of hydrogen-bond acceptors (Lipinski definition) is 2. The zero-order valence-electron chi connectivity index (χ0n) is 11.5. The molecule has 1 aromatic carbocycles. The number of nitrogens with one attached hydrogen (secondary N) is 2. The van der Waals surface area contributed by atoms with E-state index < -0.39 is 0 Å². The van der Waals surface area contributed by atoms with Crippen LogP contribution in [0.2, 0.25) is 0 Å². The average molecular weight is 250 g/mol. The molecule has 18 heavy (non-hydrogen) atoms. The van der Waals surface area contributed by atoms with Crippen LogP contribution >= 0.6 is 0 Å². The van der Waals surface area contributed by atoms with Gasteiger partial charge in [-0.1, -0.05) is 26.0 Å². The molecule has 1 unspecified atom stereocenters. The van der Waals surface area contributed by atoms with Gasteiger partial charge in [0, 0.05) is 12.6 Å². The van der Waals surface area contributed by atoms with Crippen LogP contribution in [0.1, 0.15) is 26.3 Å². The Morgan fingerprint density at radius 3 is 2.33 bits per heavy atom. The van der Waals surface area contributed by atoms with Crippen LogP contribution in [0.4, 0.5) is 4.79 Å². The lowest BCUT2D eigenvalue weighted by Gasteiger charge is -2.17. The van der Waals surface area contributed by atoms with Crippen LogP contribution in [0.3, 0.4) is 0 Å². The second kappa shape index (κ2) is 6.89. The highest BCUT2D eigenvalue weighted by Crippen LogP contribution is 2.10. The Hall–Kier alpha value is -1.71. The Morgan fingerprint density at radius 2 is 1.83 bits per heavy atom. The molecule has 0 saturated carbocycles. The Balaban J connectivity index is 2.37. The maximum atomic E-state index is 11.6. The second-order valence-electron chi connectivity index (χ2n) is 4.71. The first-order valence-electron chi connectivity index (χ1n) is 6.20. The lowest BCUT2D eigenvalue weighted by atomic mass is 10.1. The quantitative estimate of drug-likeness (QED) is 0.843. The number of hydrogen-bond donors (Lipinski definition) is 2. The SMILES string of the molecule is COc1ccc(CNC(=O)NC(C)C(C)C)cc1. The third-order valence-electron chi connectivity index (χ3n) is 2.97. The molecule has 2 amide bonds. The van der Waals surface area contributed by atoms with Gasteiger partial charge in [0.1, 0.15) is 5.75 Å². The van der Waals surface area contributed by atoms with E-state index in [4.69, 9.17) is 4.74 Å². The van der Waals surface area contributed by atoms with Gasteiger partial charge in [-0.05, 0) is 30.5 Å². The largest absolute Gasteiger partial charge is 0.497 e. The Labute approximate surface area is 109 Å². The van der Waals surface area contributed by atoms with Crippen molar-refractivity contribution in [2.45, 2.75) is 33.4 Å². The Kier molecular flexibility index (Phi) is 5.49. The first kappa shape index (κ1) is 14.4. The molecule has 0 aliphatic rings. The molecule has 4 heteroatoms. The van der Waals surface area contributed by atoms with Gasteiger partial charge < -0.3 is 15.4 Å². The lowest BCUT2D eigenvalue weighted by Crippen LogP contribution is -2.42. The van der Waals surface area contributed by atoms with Gasteiger partial charge in [-0.25, -0.2) is 4.79 Å². The van der Waals surface area contributed by atoms with E-state index in [-0.39, 0.29) is 12.1 Å². The summed E-state index contributed by atoms with van der Waals surface area (Å²) in [7, 11) is 1.63. The van der Waals surface area contributed by atoms with Crippen molar-refractivity contribution in [3.05, 3.63) is 29.8 Å². The van der Waals surface area contributed by atoms with Crippen molar-refractivity contribution in [1.82, 2.24) is 10.6 Å². The average Bonchev–Trinajstić information content (AvgIpc) is 2.36. The third-order valence-corrected chi connectivity index (χ3v) is 2.97. The fourth-order valence-electron chi connectivity index (χ4n) is 1.35. The topological polar surface area (TPSA) is 50.4 Å². The van der Waals surface area contributed by atoms with E-state index in [1.807, 2.05) is 31.2 Å². The van der Waals surface area contributed by atoms with E-state index in [2.05, 4.69) is 24.5 Å².